The van der Waals surface area contributed by atoms with Gasteiger partial charge in [0.1, 0.15) is 0 Å². The van der Waals surface area contributed by atoms with Gasteiger partial charge in [0, 0.05) is 25.4 Å². The minimum absolute atomic E-state index is 0.300. The van der Waals surface area contributed by atoms with Gasteiger partial charge in [-0.3, -0.25) is 9.78 Å². The molecule has 1 aromatic rings. The van der Waals surface area contributed by atoms with Gasteiger partial charge in [0.25, 0.3) is 0 Å². The van der Waals surface area contributed by atoms with E-state index in [0.717, 1.165) is 5.69 Å². The number of pyridine rings is 1. The average molecular weight is 165 g/mol. The average Bonchev–Trinajstić information content (AvgIpc) is 2.05. The highest BCUT2D eigenvalue weighted by Gasteiger charge is 1.93. The van der Waals surface area contributed by atoms with E-state index in [1.807, 2.05) is 12.1 Å². The molecule has 0 fully saturated rings. The highest BCUT2D eigenvalue weighted by molar-refractivity contribution is 5.74. The minimum atomic E-state index is -0.300. The highest BCUT2D eigenvalue weighted by Crippen LogP contribution is 2.01. The first kappa shape index (κ1) is 8.52. The van der Waals surface area contributed by atoms with Crippen LogP contribution in [0.25, 0.3) is 0 Å². The van der Waals surface area contributed by atoms with Crippen molar-refractivity contribution >= 4 is 11.6 Å². The molecule has 3 N–H and O–H groups in total. The van der Waals surface area contributed by atoms with Gasteiger partial charge in [-0.2, -0.15) is 0 Å². The fourth-order valence-corrected chi connectivity index (χ4v) is 0.797. The van der Waals surface area contributed by atoms with Gasteiger partial charge in [-0.25, -0.2) is 0 Å². The van der Waals surface area contributed by atoms with Gasteiger partial charge < -0.3 is 11.1 Å². The van der Waals surface area contributed by atoms with Crippen LogP contribution in [0.15, 0.2) is 24.5 Å². The summed E-state index contributed by atoms with van der Waals surface area (Å²) in [7, 11) is 0. The third kappa shape index (κ3) is 3.01. The molecule has 0 aromatic carbocycles. The van der Waals surface area contributed by atoms with E-state index in [9.17, 15) is 4.79 Å². The molecule has 0 aliphatic rings. The smallest absolute Gasteiger partial charge is 0.219 e. The van der Waals surface area contributed by atoms with E-state index in [0.29, 0.717) is 13.0 Å². The van der Waals surface area contributed by atoms with E-state index < -0.39 is 0 Å². The van der Waals surface area contributed by atoms with Crippen molar-refractivity contribution in [2.75, 3.05) is 11.9 Å². The van der Waals surface area contributed by atoms with E-state index in [4.69, 9.17) is 5.73 Å². The fraction of sp³-hybridized carbons (Fsp3) is 0.250. The Bertz CT molecular complexity index is 248. The summed E-state index contributed by atoms with van der Waals surface area (Å²) in [6, 6.07) is 3.71. The molecule has 12 heavy (non-hydrogen) atoms. The standard InChI is InChI=1S/C8H11N3O/c9-8(12)3-5-11-7-2-1-4-10-6-7/h1-2,4,6,11H,3,5H2,(H2,9,12). The SMILES string of the molecule is NC(=O)CCNc1cccnc1. The lowest BCUT2D eigenvalue weighted by Crippen LogP contribution is -2.15. The molecule has 0 saturated heterocycles. The van der Waals surface area contributed by atoms with Crippen LogP contribution < -0.4 is 11.1 Å². The zero-order chi connectivity index (χ0) is 8.81. The van der Waals surface area contributed by atoms with Crippen molar-refractivity contribution in [3.05, 3.63) is 24.5 Å². The normalized spacial score (nSPS) is 9.33. The van der Waals surface area contributed by atoms with E-state index >= 15 is 0 Å². The van der Waals surface area contributed by atoms with Crippen LogP contribution in [0.2, 0.25) is 0 Å². The van der Waals surface area contributed by atoms with Crippen molar-refractivity contribution in [3.8, 4) is 0 Å². The van der Waals surface area contributed by atoms with Gasteiger partial charge in [-0.15, -0.1) is 0 Å². The highest BCUT2D eigenvalue weighted by atomic mass is 16.1. The van der Waals surface area contributed by atoms with Gasteiger partial charge in [0.2, 0.25) is 5.91 Å². The Kier molecular flexibility index (Phi) is 3.07. The molecular weight excluding hydrogens is 154 g/mol. The van der Waals surface area contributed by atoms with Crippen molar-refractivity contribution in [2.24, 2.45) is 5.73 Å². The van der Waals surface area contributed by atoms with Gasteiger partial charge in [0.15, 0.2) is 0 Å². The van der Waals surface area contributed by atoms with Crippen LogP contribution in [0.5, 0.6) is 0 Å². The molecule has 1 rings (SSSR count). The molecule has 0 saturated carbocycles. The summed E-state index contributed by atoms with van der Waals surface area (Å²) in [5.41, 5.74) is 5.86. The molecule has 64 valence electrons. The van der Waals surface area contributed by atoms with Gasteiger partial charge in [-0.1, -0.05) is 0 Å². The van der Waals surface area contributed by atoms with Crippen LogP contribution in [-0.4, -0.2) is 17.4 Å². The third-order valence-electron chi connectivity index (χ3n) is 1.36. The predicted molar refractivity (Wildman–Crippen MR) is 46.5 cm³/mol. The summed E-state index contributed by atoms with van der Waals surface area (Å²) in [5, 5.41) is 3.01. The number of hydrogen-bond acceptors (Lipinski definition) is 3. The number of primary amides is 1. The molecule has 0 aliphatic heterocycles. The van der Waals surface area contributed by atoms with Crippen LogP contribution in [0.4, 0.5) is 5.69 Å². The Labute approximate surface area is 70.8 Å². The van der Waals surface area contributed by atoms with Crippen molar-refractivity contribution in [2.45, 2.75) is 6.42 Å². The molecule has 1 amide bonds. The maximum atomic E-state index is 10.4. The van der Waals surface area contributed by atoms with Crippen molar-refractivity contribution in [1.29, 1.82) is 0 Å². The van der Waals surface area contributed by atoms with Crippen LogP contribution in [0.3, 0.4) is 0 Å². The molecular formula is C8H11N3O. The maximum absolute atomic E-state index is 10.4. The molecule has 4 heteroatoms. The Morgan fingerprint density at radius 2 is 2.50 bits per heavy atom. The second-order valence-electron chi connectivity index (χ2n) is 2.38. The van der Waals surface area contributed by atoms with E-state index in [-0.39, 0.29) is 5.91 Å². The number of nitrogens with zero attached hydrogens (tertiary/aromatic N) is 1. The quantitative estimate of drug-likeness (QED) is 0.677. The van der Waals surface area contributed by atoms with Gasteiger partial charge in [-0.05, 0) is 12.1 Å². The Balaban J connectivity index is 2.29. The van der Waals surface area contributed by atoms with Gasteiger partial charge >= 0.3 is 0 Å². The molecule has 0 bridgehead atoms. The van der Waals surface area contributed by atoms with E-state index in [2.05, 4.69) is 10.3 Å². The van der Waals surface area contributed by atoms with Crippen LogP contribution in [-0.2, 0) is 4.79 Å². The number of nitrogens with two attached hydrogens (primary N) is 1. The van der Waals surface area contributed by atoms with Crippen molar-refractivity contribution < 1.29 is 4.79 Å². The van der Waals surface area contributed by atoms with Crippen LogP contribution in [0.1, 0.15) is 6.42 Å². The summed E-state index contributed by atoms with van der Waals surface area (Å²) >= 11 is 0. The molecule has 1 heterocycles. The summed E-state index contributed by atoms with van der Waals surface area (Å²) in [5.74, 6) is -0.300. The largest absolute Gasteiger partial charge is 0.383 e. The van der Waals surface area contributed by atoms with E-state index in [1.54, 1.807) is 12.4 Å². The first-order chi connectivity index (χ1) is 5.79. The molecule has 0 spiro atoms. The number of rotatable bonds is 4. The molecule has 4 nitrogen and oxygen atoms in total. The molecule has 1 aromatic heterocycles. The number of nitrogens with one attached hydrogen (secondary N) is 1. The van der Waals surface area contributed by atoms with E-state index in [1.165, 1.54) is 0 Å². The summed E-state index contributed by atoms with van der Waals surface area (Å²) in [6.07, 6.45) is 3.73. The number of carbonyl (C=O) groups is 1. The monoisotopic (exact) mass is 165 g/mol. The van der Waals surface area contributed by atoms with Crippen LogP contribution >= 0.6 is 0 Å². The zero-order valence-electron chi connectivity index (χ0n) is 6.66. The lowest BCUT2D eigenvalue weighted by Gasteiger charge is -2.02. The molecule has 0 atom stereocenters. The Hall–Kier alpha value is -1.58. The molecule has 0 radical (unpaired) electrons. The summed E-state index contributed by atoms with van der Waals surface area (Å²) in [6.45, 7) is 0.557. The summed E-state index contributed by atoms with van der Waals surface area (Å²) in [4.78, 5) is 14.3. The number of carbonyl (C=O) groups excluding carboxylic acids is 1. The minimum Gasteiger partial charge on any atom is -0.383 e. The van der Waals surface area contributed by atoms with Gasteiger partial charge in [0.05, 0.1) is 5.69 Å². The number of aromatic nitrogens is 1. The first-order valence-corrected chi connectivity index (χ1v) is 3.71. The lowest BCUT2D eigenvalue weighted by molar-refractivity contribution is -0.117. The van der Waals surface area contributed by atoms with Crippen LogP contribution in [0, 0.1) is 0 Å². The second-order valence-corrected chi connectivity index (χ2v) is 2.38. The summed E-state index contributed by atoms with van der Waals surface area (Å²) < 4.78 is 0. The number of anilines is 1. The zero-order valence-corrected chi connectivity index (χ0v) is 6.66. The maximum Gasteiger partial charge on any atom is 0.219 e. The predicted octanol–water partition coefficient (Wildman–Crippen LogP) is 0.369. The fourth-order valence-electron chi connectivity index (χ4n) is 0.797. The molecule has 0 unspecified atom stereocenters. The van der Waals surface area contributed by atoms with Crippen molar-refractivity contribution in [1.82, 2.24) is 4.98 Å². The third-order valence-corrected chi connectivity index (χ3v) is 1.36. The molecule has 0 aliphatic carbocycles. The topological polar surface area (TPSA) is 68.0 Å². The van der Waals surface area contributed by atoms with Crippen molar-refractivity contribution in [3.63, 3.8) is 0 Å². The second kappa shape index (κ2) is 4.33. The lowest BCUT2D eigenvalue weighted by atomic mass is 10.3. The number of amides is 1. The first-order valence-electron chi connectivity index (χ1n) is 3.71. The Morgan fingerprint density at radius 1 is 1.67 bits per heavy atom. The Morgan fingerprint density at radius 3 is 3.08 bits per heavy atom. The number of hydrogen-bond donors (Lipinski definition) is 2.